The van der Waals surface area contributed by atoms with E-state index >= 15 is 0 Å². The first-order valence-electron chi connectivity index (χ1n) is 8.25. The minimum absolute atomic E-state index is 0.104. The number of amides is 1. The van der Waals surface area contributed by atoms with Gasteiger partial charge >= 0.3 is 6.18 Å². The van der Waals surface area contributed by atoms with Crippen LogP contribution in [0.4, 0.5) is 34.8 Å². The summed E-state index contributed by atoms with van der Waals surface area (Å²) in [4.78, 5) is 16.0. The van der Waals surface area contributed by atoms with Crippen molar-refractivity contribution >= 4 is 23.1 Å². The summed E-state index contributed by atoms with van der Waals surface area (Å²) in [7, 11) is 0. The Morgan fingerprint density at radius 1 is 0.964 bits per heavy atom. The first-order valence-corrected chi connectivity index (χ1v) is 8.25. The van der Waals surface area contributed by atoms with E-state index in [1.807, 2.05) is 0 Å². The van der Waals surface area contributed by atoms with Crippen LogP contribution >= 0.6 is 0 Å². The quantitative estimate of drug-likeness (QED) is 0.593. The molecule has 0 radical (unpaired) electrons. The Balaban J connectivity index is 1.66. The first-order chi connectivity index (χ1) is 13.3. The molecule has 0 bridgehead atoms. The number of alkyl halides is 3. The molecule has 8 heteroatoms. The molecule has 2 aromatic carbocycles. The van der Waals surface area contributed by atoms with Crippen LogP contribution in [-0.4, -0.2) is 10.9 Å². The van der Waals surface area contributed by atoms with Crippen LogP contribution in [0.2, 0.25) is 0 Å². The number of pyridine rings is 1. The number of nitrogens with zero attached hydrogens (tertiary/aromatic N) is 1. The Labute approximate surface area is 158 Å². The highest BCUT2D eigenvalue weighted by molar-refractivity contribution is 5.91. The van der Waals surface area contributed by atoms with Crippen molar-refractivity contribution in [2.24, 2.45) is 0 Å². The van der Waals surface area contributed by atoms with E-state index in [4.69, 9.17) is 0 Å². The fourth-order valence-electron chi connectivity index (χ4n) is 2.54. The average Bonchev–Trinajstić information content (AvgIpc) is 2.65. The molecule has 0 aliphatic heterocycles. The monoisotopic (exact) mass is 389 g/mol. The molecule has 1 heterocycles. The van der Waals surface area contributed by atoms with Gasteiger partial charge in [0.25, 0.3) is 0 Å². The molecule has 144 valence electrons. The van der Waals surface area contributed by atoms with Crippen LogP contribution in [0.5, 0.6) is 0 Å². The summed E-state index contributed by atoms with van der Waals surface area (Å²) in [6, 6.07) is 13.9. The zero-order chi connectivity index (χ0) is 20.1. The van der Waals surface area contributed by atoms with Crippen LogP contribution in [0.1, 0.15) is 11.1 Å². The number of carbonyl (C=O) groups excluding carboxylic acids is 1. The van der Waals surface area contributed by atoms with Crippen molar-refractivity contribution < 1.29 is 22.4 Å². The second-order valence-electron chi connectivity index (χ2n) is 5.92. The third-order valence-corrected chi connectivity index (χ3v) is 3.85. The lowest BCUT2D eigenvalue weighted by atomic mass is 10.1. The second-order valence-corrected chi connectivity index (χ2v) is 5.92. The molecule has 3 aromatic rings. The summed E-state index contributed by atoms with van der Waals surface area (Å²) in [5.74, 6) is -0.731. The molecular formula is C20H15F4N3O. The van der Waals surface area contributed by atoms with Crippen molar-refractivity contribution in [3.63, 3.8) is 0 Å². The molecule has 28 heavy (non-hydrogen) atoms. The lowest BCUT2D eigenvalue weighted by Gasteiger charge is -2.14. The van der Waals surface area contributed by atoms with E-state index in [1.54, 1.807) is 6.07 Å². The van der Waals surface area contributed by atoms with E-state index < -0.39 is 23.5 Å². The van der Waals surface area contributed by atoms with Crippen molar-refractivity contribution in [1.82, 2.24) is 4.98 Å². The zero-order valence-electron chi connectivity index (χ0n) is 14.4. The smallest absolute Gasteiger partial charge is 0.354 e. The number of hydrogen-bond acceptors (Lipinski definition) is 3. The largest absolute Gasteiger partial charge is 0.418 e. The SMILES string of the molecule is O=C(Cc1ccccc1F)Nc1ccc(Nc2ccccc2C(F)(F)F)cn1. The molecule has 0 fully saturated rings. The number of nitrogens with one attached hydrogen (secondary N) is 2. The molecule has 1 amide bonds. The van der Waals surface area contributed by atoms with Crippen molar-refractivity contribution in [2.75, 3.05) is 10.6 Å². The van der Waals surface area contributed by atoms with Crippen molar-refractivity contribution in [2.45, 2.75) is 12.6 Å². The molecule has 0 saturated carbocycles. The number of benzene rings is 2. The highest BCUT2D eigenvalue weighted by atomic mass is 19.4. The predicted octanol–water partition coefficient (Wildman–Crippen LogP) is 5.16. The van der Waals surface area contributed by atoms with Crippen LogP contribution in [0, 0.1) is 5.82 Å². The number of halogens is 4. The first kappa shape index (κ1) is 19.3. The van der Waals surface area contributed by atoms with Gasteiger partial charge in [-0.1, -0.05) is 30.3 Å². The van der Waals surface area contributed by atoms with E-state index in [9.17, 15) is 22.4 Å². The van der Waals surface area contributed by atoms with E-state index in [-0.39, 0.29) is 23.5 Å². The van der Waals surface area contributed by atoms with Gasteiger partial charge in [-0.3, -0.25) is 4.79 Å². The number of anilines is 3. The van der Waals surface area contributed by atoms with Crippen LogP contribution in [0.25, 0.3) is 0 Å². The number of rotatable bonds is 5. The van der Waals surface area contributed by atoms with E-state index in [0.717, 1.165) is 6.07 Å². The molecule has 3 rings (SSSR count). The molecule has 2 N–H and O–H groups in total. The number of aromatic nitrogens is 1. The Morgan fingerprint density at radius 3 is 2.36 bits per heavy atom. The van der Waals surface area contributed by atoms with Gasteiger partial charge in [-0.05, 0) is 35.9 Å². The van der Waals surface area contributed by atoms with E-state index in [2.05, 4.69) is 15.6 Å². The van der Waals surface area contributed by atoms with Crippen LogP contribution in [0.15, 0.2) is 66.9 Å². The molecular weight excluding hydrogens is 374 g/mol. The predicted molar refractivity (Wildman–Crippen MR) is 97.7 cm³/mol. The topological polar surface area (TPSA) is 54.0 Å². The van der Waals surface area contributed by atoms with Crippen LogP contribution in [0.3, 0.4) is 0 Å². The van der Waals surface area contributed by atoms with Crippen molar-refractivity contribution in [1.29, 1.82) is 0 Å². The molecule has 0 aliphatic carbocycles. The van der Waals surface area contributed by atoms with Gasteiger partial charge in [0.1, 0.15) is 11.6 Å². The fourth-order valence-corrected chi connectivity index (χ4v) is 2.54. The third-order valence-electron chi connectivity index (χ3n) is 3.85. The van der Waals surface area contributed by atoms with Gasteiger partial charge in [0.05, 0.1) is 29.6 Å². The summed E-state index contributed by atoms with van der Waals surface area (Å²) in [6.45, 7) is 0. The summed E-state index contributed by atoms with van der Waals surface area (Å²) >= 11 is 0. The summed E-state index contributed by atoms with van der Waals surface area (Å²) in [6.07, 6.45) is -3.35. The molecule has 0 saturated heterocycles. The molecule has 0 aliphatic rings. The van der Waals surface area contributed by atoms with Gasteiger partial charge in [0.2, 0.25) is 5.91 Å². The summed E-state index contributed by atoms with van der Waals surface area (Å²) < 4.78 is 52.7. The maximum Gasteiger partial charge on any atom is 0.418 e. The third kappa shape index (κ3) is 4.85. The normalized spacial score (nSPS) is 11.1. The van der Waals surface area contributed by atoms with Crippen molar-refractivity contribution in [3.8, 4) is 0 Å². The second kappa shape index (κ2) is 8.08. The maximum atomic E-state index is 13.6. The summed E-state index contributed by atoms with van der Waals surface area (Å²) in [5.41, 5.74) is -0.323. The minimum atomic E-state index is -4.49. The lowest BCUT2D eigenvalue weighted by molar-refractivity contribution is -0.136. The Bertz CT molecular complexity index is 972. The van der Waals surface area contributed by atoms with Crippen LogP contribution in [-0.2, 0) is 17.4 Å². The van der Waals surface area contributed by atoms with Gasteiger partial charge in [0, 0.05) is 0 Å². The zero-order valence-corrected chi connectivity index (χ0v) is 14.4. The lowest BCUT2D eigenvalue weighted by Crippen LogP contribution is -2.16. The number of hydrogen-bond donors (Lipinski definition) is 2. The minimum Gasteiger partial charge on any atom is -0.354 e. The molecule has 0 spiro atoms. The van der Waals surface area contributed by atoms with E-state index in [1.165, 1.54) is 54.7 Å². The number of para-hydroxylation sites is 1. The highest BCUT2D eigenvalue weighted by Crippen LogP contribution is 2.35. The fraction of sp³-hybridized carbons (Fsp3) is 0.100. The molecule has 0 atom stereocenters. The standard InChI is InChI=1S/C20H15F4N3O/c21-16-7-3-1-5-13(16)11-19(28)27-18-10-9-14(12-25-18)26-17-8-4-2-6-15(17)20(22,23)24/h1-10,12,26H,11H2,(H,25,27,28). The Kier molecular flexibility index (Phi) is 5.58. The Hall–Kier alpha value is -3.42. The van der Waals surface area contributed by atoms with Gasteiger partial charge in [-0.15, -0.1) is 0 Å². The van der Waals surface area contributed by atoms with Gasteiger partial charge in [0.15, 0.2) is 0 Å². The maximum absolute atomic E-state index is 13.6. The van der Waals surface area contributed by atoms with Gasteiger partial charge in [-0.25, -0.2) is 9.37 Å². The summed E-state index contributed by atoms with van der Waals surface area (Å²) in [5, 5.41) is 5.18. The van der Waals surface area contributed by atoms with E-state index in [0.29, 0.717) is 5.69 Å². The van der Waals surface area contributed by atoms with Gasteiger partial charge in [-0.2, -0.15) is 13.2 Å². The average molecular weight is 389 g/mol. The Morgan fingerprint density at radius 2 is 1.68 bits per heavy atom. The molecule has 1 aromatic heterocycles. The van der Waals surface area contributed by atoms with Crippen LogP contribution < -0.4 is 10.6 Å². The number of carbonyl (C=O) groups is 1. The van der Waals surface area contributed by atoms with Gasteiger partial charge < -0.3 is 10.6 Å². The molecule has 0 unspecified atom stereocenters. The molecule has 4 nitrogen and oxygen atoms in total. The highest BCUT2D eigenvalue weighted by Gasteiger charge is 2.33. The van der Waals surface area contributed by atoms with Crippen molar-refractivity contribution in [3.05, 3.63) is 83.8 Å².